The predicted molar refractivity (Wildman–Crippen MR) is 82.5 cm³/mol. The fraction of sp³-hybridized carbons (Fsp3) is 0.333. The van der Waals surface area contributed by atoms with Crippen molar-refractivity contribution in [2.24, 2.45) is 0 Å². The Morgan fingerprint density at radius 3 is 3.05 bits per heavy atom. The quantitative estimate of drug-likeness (QED) is 0.916. The van der Waals surface area contributed by atoms with Crippen molar-refractivity contribution in [2.75, 3.05) is 19.2 Å². The van der Waals surface area contributed by atoms with E-state index < -0.39 is 0 Å². The molecule has 0 saturated heterocycles. The van der Waals surface area contributed by atoms with Gasteiger partial charge in [0.05, 0.1) is 18.7 Å². The Balaban J connectivity index is 1.65. The minimum Gasteiger partial charge on any atom is -0.454 e. The van der Waals surface area contributed by atoms with Crippen LogP contribution in [0.25, 0.3) is 0 Å². The monoisotopic (exact) mass is 320 g/mol. The Labute approximate surface area is 132 Å². The van der Waals surface area contributed by atoms with E-state index in [2.05, 4.69) is 10.3 Å². The fourth-order valence-corrected chi connectivity index (χ4v) is 3.20. The zero-order valence-corrected chi connectivity index (χ0v) is 13.2. The number of nitrogens with one attached hydrogen (secondary N) is 1. The molecule has 1 aromatic heterocycles. The van der Waals surface area contributed by atoms with Crippen molar-refractivity contribution in [1.82, 2.24) is 4.98 Å². The molecule has 116 valence electrons. The minimum atomic E-state index is -0.0883. The highest BCUT2D eigenvalue weighted by atomic mass is 32.1. The molecule has 2 heterocycles. The first-order valence-corrected chi connectivity index (χ1v) is 7.61. The van der Waals surface area contributed by atoms with Crippen molar-refractivity contribution < 1.29 is 19.0 Å². The van der Waals surface area contributed by atoms with Gasteiger partial charge in [-0.3, -0.25) is 4.79 Å². The molecule has 0 bridgehead atoms. The lowest BCUT2D eigenvalue weighted by Gasteiger charge is -2.05. The number of amides is 1. The van der Waals surface area contributed by atoms with Gasteiger partial charge in [-0.15, -0.1) is 11.3 Å². The third kappa shape index (κ3) is 3.20. The second-order valence-corrected chi connectivity index (χ2v) is 6.01. The van der Waals surface area contributed by atoms with Gasteiger partial charge in [0, 0.05) is 23.7 Å². The molecular weight excluding hydrogens is 304 g/mol. The molecule has 0 spiro atoms. The number of carbonyl (C=O) groups excluding carboxylic acids is 1. The lowest BCUT2D eigenvalue weighted by molar-refractivity contribution is -0.115. The SMILES string of the molecule is COCc1nc(C)c(CC(=O)Nc2ccc3c(c2)OCO3)s1. The van der Waals surface area contributed by atoms with Crippen molar-refractivity contribution in [1.29, 1.82) is 0 Å². The van der Waals surface area contributed by atoms with Crippen molar-refractivity contribution in [3.8, 4) is 11.5 Å². The number of ether oxygens (including phenoxy) is 3. The van der Waals surface area contributed by atoms with E-state index in [1.807, 2.05) is 6.92 Å². The lowest BCUT2D eigenvalue weighted by atomic mass is 10.2. The van der Waals surface area contributed by atoms with Crippen LogP contribution in [0.1, 0.15) is 15.6 Å². The number of hydrogen-bond donors (Lipinski definition) is 1. The topological polar surface area (TPSA) is 69.7 Å². The summed E-state index contributed by atoms with van der Waals surface area (Å²) in [6.45, 7) is 2.59. The molecule has 2 aromatic rings. The highest BCUT2D eigenvalue weighted by molar-refractivity contribution is 7.11. The van der Waals surface area contributed by atoms with Gasteiger partial charge in [0.2, 0.25) is 12.7 Å². The molecule has 6 nitrogen and oxygen atoms in total. The van der Waals surface area contributed by atoms with Crippen LogP contribution in [-0.2, 0) is 22.6 Å². The van der Waals surface area contributed by atoms with E-state index >= 15 is 0 Å². The maximum atomic E-state index is 12.2. The number of aryl methyl sites for hydroxylation is 1. The lowest BCUT2D eigenvalue weighted by Crippen LogP contribution is -2.14. The highest BCUT2D eigenvalue weighted by Gasteiger charge is 2.15. The van der Waals surface area contributed by atoms with Crippen LogP contribution in [0, 0.1) is 6.92 Å². The smallest absolute Gasteiger partial charge is 0.231 e. The number of anilines is 1. The Morgan fingerprint density at radius 2 is 2.23 bits per heavy atom. The summed E-state index contributed by atoms with van der Waals surface area (Å²) in [6.07, 6.45) is 0.293. The van der Waals surface area contributed by atoms with Crippen LogP contribution in [0.3, 0.4) is 0 Å². The fourth-order valence-electron chi connectivity index (χ4n) is 2.16. The molecule has 0 saturated carbocycles. The molecule has 1 amide bonds. The Bertz CT molecular complexity index is 699. The Hall–Kier alpha value is -2.12. The largest absolute Gasteiger partial charge is 0.454 e. The number of fused-ring (bicyclic) bond motifs is 1. The molecule has 1 aromatic carbocycles. The van der Waals surface area contributed by atoms with Gasteiger partial charge < -0.3 is 19.5 Å². The molecule has 7 heteroatoms. The van der Waals surface area contributed by atoms with Crippen molar-refractivity contribution in [3.63, 3.8) is 0 Å². The first-order chi connectivity index (χ1) is 10.7. The van der Waals surface area contributed by atoms with Gasteiger partial charge >= 0.3 is 0 Å². The highest BCUT2D eigenvalue weighted by Crippen LogP contribution is 2.34. The summed E-state index contributed by atoms with van der Waals surface area (Å²) in [4.78, 5) is 17.5. The molecule has 1 N–H and O–H groups in total. The summed E-state index contributed by atoms with van der Waals surface area (Å²) in [7, 11) is 1.63. The molecule has 3 rings (SSSR count). The van der Waals surface area contributed by atoms with E-state index in [0.717, 1.165) is 15.6 Å². The summed E-state index contributed by atoms with van der Waals surface area (Å²) in [5, 5.41) is 3.74. The summed E-state index contributed by atoms with van der Waals surface area (Å²) < 4.78 is 15.6. The van der Waals surface area contributed by atoms with E-state index in [1.165, 1.54) is 11.3 Å². The second-order valence-electron chi connectivity index (χ2n) is 4.84. The van der Waals surface area contributed by atoms with E-state index in [4.69, 9.17) is 14.2 Å². The predicted octanol–water partition coefficient (Wildman–Crippen LogP) is 2.51. The molecule has 0 aliphatic carbocycles. The number of nitrogens with zero attached hydrogens (tertiary/aromatic N) is 1. The van der Waals surface area contributed by atoms with Gasteiger partial charge in [0.15, 0.2) is 11.5 Å². The molecule has 22 heavy (non-hydrogen) atoms. The third-order valence-electron chi connectivity index (χ3n) is 3.18. The zero-order valence-electron chi connectivity index (χ0n) is 12.3. The number of methoxy groups -OCH3 is 1. The summed E-state index contributed by atoms with van der Waals surface area (Å²) >= 11 is 1.50. The van der Waals surface area contributed by atoms with Crippen LogP contribution < -0.4 is 14.8 Å². The average Bonchev–Trinajstić information content (AvgIpc) is 3.06. The van der Waals surface area contributed by atoms with Gasteiger partial charge in [-0.2, -0.15) is 0 Å². The van der Waals surface area contributed by atoms with E-state index in [-0.39, 0.29) is 12.7 Å². The minimum absolute atomic E-state index is 0.0883. The normalized spacial score (nSPS) is 12.5. The van der Waals surface area contributed by atoms with Crippen molar-refractivity contribution in [3.05, 3.63) is 33.8 Å². The maximum Gasteiger partial charge on any atom is 0.231 e. The van der Waals surface area contributed by atoms with Gasteiger partial charge in [-0.05, 0) is 19.1 Å². The number of rotatable bonds is 5. The zero-order chi connectivity index (χ0) is 15.5. The van der Waals surface area contributed by atoms with E-state index in [1.54, 1.807) is 25.3 Å². The standard InChI is InChI=1S/C15H16N2O4S/c1-9-13(22-15(16-9)7-19-2)6-14(18)17-10-3-4-11-12(5-10)21-8-20-11/h3-5H,6-8H2,1-2H3,(H,17,18). The van der Waals surface area contributed by atoms with Gasteiger partial charge in [0.1, 0.15) is 5.01 Å². The van der Waals surface area contributed by atoms with Gasteiger partial charge in [-0.25, -0.2) is 4.98 Å². The average molecular weight is 320 g/mol. The molecule has 0 fully saturated rings. The van der Waals surface area contributed by atoms with Crippen LogP contribution in [-0.4, -0.2) is 24.8 Å². The first-order valence-electron chi connectivity index (χ1n) is 6.79. The molecule has 0 radical (unpaired) electrons. The van der Waals surface area contributed by atoms with Crippen LogP contribution >= 0.6 is 11.3 Å². The van der Waals surface area contributed by atoms with Crippen LogP contribution in [0.2, 0.25) is 0 Å². The molecule has 1 aliphatic heterocycles. The second kappa shape index (κ2) is 6.33. The number of hydrogen-bond acceptors (Lipinski definition) is 6. The van der Waals surface area contributed by atoms with Crippen LogP contribution in [0.15, 0.2) is 18.2 Å². The van der Waals surface area contributed by atoms with Crippen molar-refractivity contribution >= 4 is 22.9 Å². The van der Waals surface area contributed by atoms with E-state index in [9.17, 15) is 4.79 Å². The van der Waals surface area contributed by atoms with Crippen molar-refractivity contribution in [2.45, 2.75) is 20.0 Å². The maximum absolute atomic E-state index is 12.2. The number of carbonyl (C=O) groups is 1. The molecule has 1 aliphatic rings. The summed E-state index contributed by atoms with van der Waals surface area (Å²) in [5.41, 5.74) is 1.56. The van der Waals surface area contributed by atoms with Crippen LogP contribution in [0.5, 0.6) is 11.5 Å². The Kier molecular flexibility index (Phi) is 4.26. The third-order valence-corrected chi connectivity index (χ3v) is 4.31. The molecular formula is C15H16N2O4S. The molecule has 0 atom stereocenters. The summed E-state index contributed by atoms with van der Waals surface area (Å²) in [6, 6.07) is 5.34. The number of aromatic nitrogens is 1. The van der Waals surface area contributed by atoms with E-state index in [0.29, 0.717) is 30.2 Å². The summed E-state index contributed by atoms with van der Waals surface area (Å²) in [5.74, 6) is 1.25. The number of thiazole rings is 1. The molecule has 0 unspecified atom stereocenters. The first kappa shape index (κ1) is 14.8. The Morgan fingerprint density at radius 1 is 1.41 bits per heavy atom. The van der Waals surface area contributed by atoms with Gasteiger partial charge in [-0.1, -0.05) is 0 Å². The van der Waals surface area contributed by atoms with Gasteiger partial charge in [0.25, 0.3) is 0 Å². The number of benzene rings is 1. The van der Waals surface area contributed by atoms with Crippen LogP contribution in [0.4, 0.5) is 5.69 Å².